The maximum absolute atomic E-state index is 11.6. The predicted octanol–water partition coefficient (Wildman–Crippen LogP) is 0.279. The summed E-state index contributed by atoms with van der Waals surface area (Å²) in [7, 11) is -3.82. The van der Waals surface area contributed by atoms with Gasteiger partial charge in [0, 0.05) is 6.20 Å². The van der Waals surface area contributed by atoms with Crippen molar-refractivity contribution in [3.05, 3.63) is 36.2 Å². The Kier molecular flexibility index (Phi) is 3.96. The van der Waals surface area contributed by atoms with E-state index >= 15 is 0 Å². The number of carbonyl (C=O) groups excluding carboxylic acids is 1. The number of hydrogen-bond donors (Lipinski definition) is 2. The van der Waals surface area contributed by atoms with Crippen LogP contribution in [0.1, 0.15) is 17.3 Å². The summed E-state index contributed by atoms with van der Waals surface area (Å²) in [4.78, 5) is 11.5. The molecular formula is C12H14N4O4S. The number of rotatable bonds is 4. The van der Waals surface area contributed by atoms with Gasteiger partial charge in [0.25, 0.3) is 0 Å². The molecule has 0 aliphatic rings. The number of sulfonamides is 1. The van der Waals surface area contributed by atoms with Crippen LogP contribution in [-0.2, 0) is 14.8 Å². The van der Waals surface area contributed by atoms with Gasteiger partial charge >= 0.3 is 5.97 Å². The van der Waals surface area contributed by atoms with E-state index < -0.39 is 16.0 Å². The number of nitrogens with two attached hydrogens (primary N) is 2. The molecule has 1 aromatic heterocycles. The lowest BCUT2D eigenvalue weighted by Crippen LogP contribution is -2.13. The van der Waals surface area contributed by atoms with Crippen molar-refractivity contribution in [2.75, 3.05) is 12.3 Å². The Labute approximate surface area is 121 Å². The molecule has 0 bridgehead atoms. The zero-order valence-corrected chi connectivity index (χ0v) is 12.0. The highest BCUT2D eigenvalue weighted by Gasteiger charge is 2.14. The highest BCUT2D eigenvalue weighted by molar-refractivity contribution is 7.89. The van der Waals surface area contributed by atoms with Crippen LogP contribution in [0.3, 0.4) is 0 Å². The van der Waals surface area contributed by atoms with E-state index in [4.69, 9.17) is 15.6 Å². The van der Waals surface area contributed by atoms with Gasteiger partial charge in [-0.1, -0.05) is 0 Å². The number of esters is 1. The largest absolute Gasteiger partial charge is 0.462 e. The molecule has 0 amide bonds. The minimum absolute atomic E-state index is 0.0958. The van der Waals surface area contributed by atoms with Crippen molar-refractivity contribution in [1.82, 2.24) is 9.78 Å². The maximum Gasteiger partial charge on any atom is 0.341 e. The number of anilines is 1. The average Bonchev–Trinajstić information content (AvgIpc) is 2.87. The van der Waals surface area contributed by atoms with Gasteiger partial charge in [-0.25, -0.2) is 23.0 Å². The van der Waals surface area contributed by atoms with Crippen LogP contribution in [0.15, 0.2) is 35.5 Å². The Bertz CT molecular complexity index is 782. The van der Waals surface area contributed by atoms with E-state index in [1.807, 2.05) is 0 Å². The Hall–Kier alpha value is -2.39. The molecule has 8 nitrogen and oxygen atoms in total. The van der Waals surface area contributed by atoms with Gasteiger partial charge in [-0.15, -0.1) is 0 Å². The summed E-state index contributed by atoms with van der Waals surface area (Å²) in [6.07, 6.45) is 2.78. The second kappa shape index (κ2) is 5.54. The molecular weight excluding hydrogens is 296 g/mol. The summed E-state index contributed by atoms with van der Waals surface area (Å²) >= 11 is 0. The molecule has 0 saturated heterocycles. The minimum atomic E-state index is -3.82. The number of benzene rings is 1. The fourth-order valence-corrected chi connectivity index (χ4v) is 2.24. The number of aromatic nitrogens is 2. The summed E-state index contributed by atoms with van der Waals surface area (Å²) < 4.78 is 28.7. The summed E-state index contributed by atoms with van der Waals surface area (Å²) in [6.45, 7) is 1.96. The molecule has 0 radical (unpaired) electrons. The number of carbonyl (C=O) groups is 1. The lowest BCUT2D eigenvalue weighted by molar-refractivity contribution is 0.0526. The minimum Gasteiger partial charge on any atom is -0.462 e. The Balaban J connectivity index is 2.37. The van der Waals surface area contributed by atoms with Crippen molar-refractivity contribution in [2.24, 2.45) is 5.14 Å². The number of nitrogens with zero attached hydrogens (tertiary/aromatic N) is 2. The van der Waals surface area contributed by atoms with Gasteiger partial charge in [-0.2, -0.15) is 5.10 Å². The molecule has 9 heteroatoms. The van der Waals surface area contributed by atoms with E-state index in [1.165, 1.54) is 35.3 Å². The molecule has 0 spiro atoms. The van der Waals surface area contributed by atoms with Crippen LogP contribution >= 0.6 is 0 Å². The molecule has 1 aromatic carbocycles. The Morgan fingerprint density at radius 1 is 1.43 bits per heavy atom. The van der Waals surface area contributed by atoms with Crippen molar-refractivity contribution in [3.8, 4) is 5.69 Å². The lowest BCUT2D eigenvalue weighted by atomic mass is 10.2. The van der Waals surface area contributed by atoms with Gasteiger partial charge < -0.3 is 10.5 Å². The van der Waals surface area contributed by atoms with Gasteiger partial charge in [0.1, 0.15) is 0 Å². The third-order valence-electron chi connectivity index (χ3n) is 2.67. The highest BCUT2D eigenvalue weighted by Crippen LogP contribution is 2.21. The fraction of sp³-hybridized carbons (Fsp3) is 0.167. The molecule has 21 heavy (non-hydrogen) atoms. The van der Waals surface area contributed by atoms with Crippen LogP contribution in [0, 0.1) is 0 Å². The molecule has 0 fully saturated rings. The summed E-state index contributed by atoms with van der Waals surface area (Å²) in [5.41, 5.74) is 6.66. The molecule has 2 rings (SSSR count). The summed E-state index contributed by atoms with van der Waals surface area (Å²) in [5, 5.41) is 9.02. The smallest absolute Gasteiger partial charge is 0.341 e. The second-order valence-electron chi connectivity index (χ2n) is 4.16. The molecule has 0 atom stereocenters. The van der Waals surface area contributed by atoms with Gasteiger partial charge in [0.2, 0.25) is 10.0 Å². The maximum atomic E-state index is 11.6. The SMILES string of the molecule is CCOC(=O)c1cnn(-c2ccc(S(N)(=O)=O)cc2N)c1. The van der Waals surface area contributed by atoms with Crippen LogP contribution in [-0.4, -0.2) is 30.8 Å². The quantitative estimate of drug-likeness (QED) is 0.616. The third-order valence-corrected chi connectivity index (χ3v) is 3.58. The van der Waals surface area contributed by atoms with Crippen molar-refractivity contribution < 1.29 is 17.9 Å². The van der Waals surface area contributed by atoms with Crippen molar-refractivity contribution >= 4 is 21.7 Å². The molecule has 4 N–H and O–H groups in total. The van der Waals surface area contributed by atoms with E-state index in [2.05, 4.69) is 5.10 Å². The van der Waals surface area contributed by atoms with Crippen molar-refractivity contribution in [3.63, 3.8) is 0 Å². The van der Waals surface area contributed by atoms with Crippen LogP contribution in [0.2, 0.25) is 0 Å². The average molecular weight is 310 g/mol. The normalized spacial score (nSPS) is 11.3. The zero-order chi connectivity index (χ0) is 15.6. The van der Waals surface area contributed by atoms with E-state index in [0.29, 0.717) is 5.69 Å². The topological polar surface area (TPSA) is 130 Å². The number of nitrogen functional groups attached to an aromatic ring is 1. The first-order chi connectivity index (χ1) is 9.82. The highest BCUT2D eigenvalue weighted by atomic mass is 32.2. The molecule has 1 heterocycles. The third kappa shape index (κ3) is 3.20. The van der Waals surface area contributed by atoms with Gasteiger partial charge in [0.15, 0.2) is 0 Å². The Morgan fingerprint density at radius 3 is 2.71 bits per heavy atom. The van der Waals surface area contributed by atoms with Crippen LogP contribution in [0.4, 0.5) is 5.69 Å². The van der Waals surface area contributed by atoms with E-state index in [-0.39, 0.29) is 22.8 Å². The van der Waals surface area contributed by atoms with Gasteiger partial charge in [-0.05, 0) is 25.1 Å². The molecule has 112 valence electrons. The van der Waals surface area contributed by atoms with Gasteiger partial charge in [0.05, 0.1) is 34.6 Å². The predicted molar refractivity (Wildman–Crippen MR) is 75.3 cm³/mol. The van der Waals surface area contributed by atoms with Crippen LogP contribution in [0.5, 0.6) is 0 Å². The van der Waals surface area contributed by atoms with E-state index in [1.54, 1.807) is 6.92 Å². The van der Waals surface area contributed by atoms with Crippen LogP contribution in [0.25, 0.3) is 5.69 Å². The summed E-state index contributed by atoms with van der Waals surface area (Å²) in [6, 6.07) is 4.00. The standard InChI is InChI=1S/C12H14N4O4S/c1-2-20-12(17)8-6-15-16(7-8)11-4-3-9(5-10(11)13)21(14,18)19/h3-7H,2,13H2,1H3,(H2,14,18,19). The zero-order valence-electron chi connectivity index (χ0n) is 11.2. The first kappa shape index (κ1) is 15.0. The molecule has 0 unspecified atom stereocenters. The fourth-order valence-electron chi connectivity index (χ4n) is 1.69. The lowest BCUT2D eigenvalue weighted by Gasteiger charge is -2.07. The molecule has 0 aliphatic heterocycles. The van der Waals surface area contributed by atoms with Crippen molar-refractivity contribution in [2.45, 2.75) is 11.8 Å². The van der Waals surface area contributed by atoms with E-state index in [9.17, 15) is 13.2 Å². The van der Waals surface area contributed by atoms with Crippen LogP contribution < -0.4 is 10.9 Å². The number of primary sulfonamides is 1. The second-order valence-corrected chi connectivity index (χ2v) is 5.72. The molecule has 0 aliphatic carbocycles. The molecule has 0 saturated carbocycles. The number of ether oxygens (including phenoxy) is 1. The molecule has 2 aromatic rings. The monoisotopic (exact) mass is 310 g/mol. The summed E-state index contributed by atoms with van der Waals surface area (Å²) in [5.74, 6) is -0.497. The number of hydrogen-bond acceptors (Lipinski definition) is 6. The first-order valence-electron chi connectivity index (χ1n) is 5.97. The van der Waals surface area contributed by atoms with E-state index in [0.717, 1.165) is 0 Å². The first-order valence-corrected chi connectivity index (χ1v) is 7.52. The van der Waals surface area contributed by atoms with Crippen molar-refractivity contribution in [1.29, 1.82) is 0 Å². The Morgan fingerprint density at radius 2 is 2.14 bits per heavy atom. The van der Waals surface area contributed by atoms with Gasteiger partial charge in [-0.3, -0.25) is 0 Å².